The lowest BCUT2D eigenvalue weighted by molar-refractivity contribution is 0.767. The van der Waals surface area contributed by atoms with E-state index >= 15 is 0 Å². The van der Waals surface area contributed by atoms with Crippen LogP contribution in [0, 0.1) is 0 Å². The van der Waals surface area contributed by atoms with E-state index in [1.54, 1.807) is 16.1 Å². The highest BCUT2D eigenvalue weighted by Crippen LogP contribution is 2.05. The molecule has 3 aromatic rings. The normalized spacial score (nSPS) is 11.0. The molecule has 0 amide bonds. The predicted octanol–water partition coefficient (Wildman–Crippen LogP) is 1.61. The van der Waals surface area contributed by atoms with Gasteiger partial charge in [0.25, 0.3) is 0 Å². The van der Waals surface area contributed by atoms with Gasteiger partial charge in [-0.05, 0) is 12.1 Å². The highest BCUT2D eigenvalue weighted by atomic mass is 32.1. The molecule has 4 nitrogen and oxygen atoms in total. The average Bonchev–Trinajstić information content (AvgIpc) is 2.85. The second-order valence-electron chi connectivity index (χ2n) is 3.50. The number of pyridine rings is 1. The molecule has 5 heteroatoms. The summed E-state index contributed by atoms with van der Waals surface area (Å²) < 4.78 is 3.61. The summed E-state index contributed by atoms with van der Waals surface area (Å²) in [6.45, 7) is 0.532. The minimum Gasteiger partial charge on any atom is -0.307 e. The molecule has 0 aliphatic rings. The Labute approximate surface area is 95.4 Å². The quantitative estimate of drug-likeness (QED) is 0.672. The van der Waals surface area contributed by atoms with Crippen molar-refractivity contribution < 1.29 is 0 Å². The van der Waals surface area contributed by atoms with Crippen LogP contribution >= 0.6 is 11.3 Å². The SMILES string of the molecule is O=c1sccn1Cc1cn2ccccc2n1. The van der Waals surface area contributed by atoms with Crippen LogP contribution < -0.4 is 4.87 Å². The van der Waals surface area contributed by atoms with Crippen LogP contribution in [0.4, 0.5) is 0 Å². The van der Waals surface area contributed by atoms with E-state index in [4.69, 9.17) is 0 Å². The first-order valence-corrected chi connectivity index (χ1v) is 5.77. The van der Waals surface area contributed by atoms with E-state index in [9.17, 15) is 4.79 Å². The summed E-state index contributed by atoms with van der Waals surface area (Å²) >= 11 is 1.20. The molecule has 0 radical (unpaired) electrons. The van der Waals surface area contributed by atoms with Gasteiger partial charge in [-0.1, -0.05) is 17.4 Å². The van der Waals surface area contributed by atoms with Gasteiger partial charge in [0.05, 0.1) is 12.2 Å². The molecule has 16 heavy (non-hydrogen) atoms. The zero-order valence-corrected chi connectivity index (χ0v) is 9.22. The molecule has 0 bridgehead atoms. The van der Waals surface area contributed by atoms with Crippen LogP contribution in [-0.2, 0) is 6.54 Å². The van der Waals surface area contributed by atoms with Crippen LogP contribution in [0.5, 0.6) is 0 Å². The number of fused-ring (bicyclic) bond motifs is 1. The summed E-state index contributed by atoms with van der Waals surface area (Å²) in [5.41, 5.74) is 1.80. The molecule has 0 aliphatic heterocycles. The number of thiazole rings is 1. The van der Waals surface area contributed by atoms with Crippen molar-refractivity contribution in [3.05, 3.63) is 57.5 Å². The smallest absolute Gasteiger partial charge is 0.307 e. The van der Waals surface area contributed by atoms with Gasteiger partial charge in [0.1, 0.15) is 5.65 Å². The standard InChI is InChI=1S/C11H9N3OS/c15-11-14(5-6-16-11)8-9-7-13-4-2-1-3-10(13)12-9/h1-7H,8H2. The van der Waals surface area contributed by atoms with Gasteiger partial charge in [0.15, 0.2) is 0 Å². The summed E-state index contributed by atoms with van der Waals surface area (Å²) in [5, 5.41) is 1.79. The molecular formula is C11H9N3OS. The number of hydrogen-bond acceptors (Lipinski definition) is 3. The van der Waals surface area contributed by atoms with Crippen LogP contribution in [-0.4, -0.2) is 14.0 Å². The molecular weight excluding hydrogens is 222 g/mol. The largest absolute Gasteiger partial charge is 0.307 e. The van der Waals surface area contributed by atoms with E-state index in [1.165, 1.54) is 11.3 Å². The van der Waals surface area contributed by atoms with Crippen molar-refractivity contribution in [2.45, 2.75) is 6.54 Å². The second kappa shape index (κ2) is 3.61. The zero-order chi connectivity index (χ0) is 11.0. The molecule has 80 valence electrons. The van der Waals surface area contributed by atoms with Crippen LogP contribution in [0.25, 0.3) is 5.65 Å². The Kier molecular flexibility index (Phi) is 2.11. The van der Waals surface area contributed by atoms with Crippen LogP contribution in [0.3, 0.4) is 0 Å². The van der Waals surface area contributed by atoms with E-state index in [-0.39, 0.29) is 4.87 Å². The van der Waals surface area contributed by atoms with Crippen LogP contribution in [0.2, 0.25) is 0 Å². The van der Waals surface area contributed by atoms with Crippen molar-refractivity contribution in [1.82, 2.24) is 14.0 Å². The monoisotopic (exact) mass is 231 g/mol. The minimum atomic E-state index is 0.0528. The van der Waals surface area contributed by atoms with Gasteiger partial charge >= 0.3 is 4.87 Å². The lowest BCUT2D eigenvalue weighted by atomic mass is 10.5. The molecule has 0 aromatic carbocycles. The van der Waals surface area contributed by atoms with Gasteiger partial charge in [0, 0.05) is 24.0 Å². The Hall–Kier alpha value is -1.88. The zero-order valence-electron chi connectivity index (χ0n) is 8.41. The molecule has 3 rings (SSSR count). The molecule has 0 spiro atoms. The number of aromatic nitrogens is 3. The molecule has 0 fully saturated rings. The Morgan fingerprint density at radius 2 is 2.25 bits per heavy atom. The summed E-state index contributed by atoms with van der Waals surface area (Å²) in [5.74, 6) is 0. The van der Waals surface area contributed by atoms with Gasteiger partial charge in [-0.2, -0.15) is 0 Å². The number of imidazole rings is 1. The van der Waals surface area contributed by atoms with E-state index < -0.39 is 0 Å². The fraction of sp³-hybridized carbons (Fsp3) is 0.0909. The number of hydrogen-bond donors (Lipinski definition) is 0. The Morgan fingerprint density at radius 1 is 1.31 bits per heavy atom. The number of rotatable bonds is 2. The number of nitrogens with zero attached hydrogens (tertiary/aromatic N) is 3. The first-order chi connectivity index (χ1) is 7.83. The predicted molar refractivity (Wildman–Crippen MR) is 62.9 cm³/mol. The Balaban J connectivity index is 2.01. The molecule has 0 aliphatic carbocycles. The summed E-state index contributed by atoms with van der Waals surface area (Å²) in [6, 6.07) is 5.85. The third-order valence-electron chi connectivity index (χ3n) is 2.39. The van der Waals surface area contributed by atoms with E-state index in [1.807, 2.05) is 35.0 Å². The van der Waals surface area contributed by atoms with Crippen molar-refractivity contribution >= 4 is 17.0 Å². The maximum atomic E-state index is 11.4. The van der Waals surface area contributed by atoms with Crippen molar-refractivity contribution in [3.63, 3.8) is 0 Å². The molecule has 3 heterocycles. The van der Waals surface area contributed by atoms with Crippen molar-refractivity contribution in [3.8, 4) is 0 Å². The summed E-state index contributed by atoms with van der Waals surface area (Å²) in [6.07, 6.45) is 5.68. The third kappa shape index (κ3) is 1.55. The maximum absolute atomic E-state index is 11.4. The Bertz CT molecular complexity index is 646. The molecule has 0 N–H and O–H groups in total. The first kappa shape index (κ1) is 9.35. The molecule has 0 saturated carbocycles. The fourth-order valence-electron chi connectivity index (χ4n) is 1.65. The van der Waals surface area contributed by atoms with Gasteiger partial charge in [0.2, 0.25) is 0 Å². The first-order valence-electron chi connectivity index (χ1n) is 4.89. The molecule has 0 unspecified atom stereocenters. The summed E-state index contributed by atoms with van der Waals surface area (Å²) in [7, 11) is 0. The highest BCUT2D eigenvalue weighted by Gasteiger charge is 2.03. The molecule has 0 saturated heterocycles. The average molecular weight is 231 g/mol. The minimum absolute atomic E-state index is 0.0528. The van der Waals surface area contributed by atoms with Crippen LogP contribution in [0.15, 0.2) is 47.0 Å². The Morgan fingerprint density at radius 3 is 3.00 bits per heavy atom. The maximum Gasteiger partial charge on any atom is 0.307 e. The lowest BCUT2D eigenvalue weighted by Crippen LogP contribution is -2.12. The molecule has 0 atom stereocenters. The lowest BCUT2D eigenvalue weighted by Gasteiger charge is -1.94. The topological polar surface area (TPSA) is 39.3 Å². The van der Waals surface area contributed by atoms with E-state index in [0.717, 1.165) is 11.3 Å². The van der Waals surface area contributed by atoms with E-state index in [0.29, 0.717) is 6.54 Å². The van der Waals surface area contributed by atoms with Crippen molar-refractivity contribution in [1.29, 1.82) is 0 Å². The highest BCUT2D eigenvalue weighted by molar-refractivity contribution is 7.07. The third-order valence-corrected chi connectivity index (χ3v) is 3.08. The second-order valence-corrected chi connectivity index (χ2v) is 4.35. The summed E-state index contributed by atoms with van der Waals surface area (Å²) in [4.78, 5) is 15.9. The van der Waals surface area contributed by atoms with Crippen molar-refractivity contribution in [2.75, 3.05) is 0 Å². The fourth-order valence-corrected chi connectivity index (χ4v) is 2.23. The van der Waals surface area contributed by atoms with Gasteiger partial charge in [-0.3, -0.25) is 9.36 Å². The molecule has 3 aromatic heterocycles. The van der Waals surface area contributed by atoms with Crippen LogP contribution in [0.1, 0.15) is 5.69 Å². The van der Waals surface area contributed by atoms with Gasteiger partial charge < -0.3 is 4.40 Å². The van der Waals surface area contributed by atoms with Crippen molar-refractivity contribution in [2.24, 2.45) is 0 Å². The van der Waals surface area contributed by atoms with E-state index in [2.05, 4.69) is 4.98 Å². The van der Waals surface area contributed by atoms with Gasteiger partial charge in [-0.15, -0.1) is 0 Å². The van der Waals surface area contributed by atoms with Gasteiger partial charge in [-0.25, -0.2) is 4.98 Å².